The first-order valence-corrected chi connectivity index (χ1v) is 19.2. The SMILES string of the molecule is C=O.C=O.CC(C)(C)OC(=O)[C@@H]1CCCCN1C(=O)N(CCC(=O)OCc1ccccc1)Nc1ccccc1.O=C(CCNNc1ccccc1)OCc1ccccc1. The lowest BCUT2D eigenvalue weighted by Gasteiger charge is -2.38. The largest absolute Gasteiger partial charge is 0.461 e. The van der Waals surface area contributed by atoms with E-state index < -0.39 is 23.6 Å². The Morgan fingerprint density at radius 2 is 1.15 bits per heavy atom. The summed E-state index contributed by atoms with van der Waals surface area (Å²) in [7, 11) is 0. The molecule has 2 amide bonds. The monoisotopic (exact) mass is 811 g/mol. The zero-order chi connectivity index (χ0) is 43.3. The summed E-state index contributed by atoms with van der Waals surface area (Å²) in [6, 6.07) is 37.0. The van der Waals surface area contributed by atoms with Crippen molar-refractivity contribution in [1.82, 2.24) is 15.3 Å². The van der Waals surface area contributed by atoms with E-state index in [0.29, 0.717) is 38.2 Å². The molecule has 316 valence electrons. The zero-order valence-corrected chi connectivity index (χ0v) is 34.2. The first-order valence-electron chi connectivity index (χ1n) is 19.2. The van der Waals surface area contributed by atoms with Crippen molar-refractivity contribution in [3.8, 4) is 0 Å². The molecule has 0 aromatic heterocycles. The van der Waals surface area contributed by atoms with Crippen LogP contribution < -0.4 is 16.3 Å². The Balaban J connectivity index is 0.000000423. The summed E-state index contributed by atoms with van der Waals surface area (Å²) in [6.45, 7) is 11.0. The van der Waals surface area contributed by atoms with Crippen LogP contribution in [0.4, 0.5) is 16.2 Å². The van der Waals surface area contributed by atoms with E-state index in [1.165, 1.54) is 5.01 Å². The van der Waals surface area contributed by atoms with Crippen molar-refractivity contribution in [3.05, 3.63) is 132 Å². The second kappa shape index (κ2) is 28.0. The van der Waals surface area contributed by atoms with Gasteiger partial charge in [0.15, 0.2) is 0 Å². The van der Waals surface area contributed by atoms with Gasteiger partial charge < -0.3 is 34.1 Å². The van der Waals surface area contributed by atoms with Crippen molar-refractivity contribution < 1.29 is 43.0 Å². The number of hydrogen-bond donors (Lipinski definition) is 3. The Morgan fingerprint density at radius 1 is 0.678 bits per heavy atom. The summed E-state index contributed by atoms with van der Waals surface area (Å²) < 4.78 is 16.1. The van der Waals surface area contributed by atoms with Gasteiger partial charge in [0.1, 0.15) is 38.4 Å². The Hall–Kier alpha value is -6.54. The third kappa shape index (κ3) is 19.9. The predicted octanol–water partition coefficient (Wildman–Crippen LogP) is 7.13. The minimum Gasteiger partial charge on any atom is -0.461 e. The standard InChI is InChI=1S/C27H35N3O5.C16H18N2O2.2CH2O/c1-27(2,3)35-25(32)23-16-10-11-18-29(23)26(33)30(28-22-14-8-5-9-15-22)19-17-24(31)34-20-21-12-6-4-7-13-21;19-16(20-13-14-7-3-1-4-8-14)11-12-17-18-15-9-5-2-6-10-15;2*1-2/h4-9,12-15,23,28H,10-11,16-20H2,1-3H3;1-10,17-18H,11-13H2;2*1H2/t23-;;;/m0.../s1. The maximum atomic E-state index is 13.6. The Labute approximate surface area is 347 Å². The van der Waals surface area contributed by atoms with E-state index in [2.05, 4.69) is 16.3 Å². The van der Waals surface area contributed by atoms with Gasteiger partial charge in [0.25, 0.3) is 0 Å². The van der Waals surface area contributed by atoms with Crippen LogP contribution in [0, 0.1) is 0 Å². The summed E-state index contributed by atoms with van der Waals surface area (Å²) in [6.07, 6.45) is 2.50. The van der Waals surface area contributed by atoms with Crippen molar-refractivity contribution >= 4 is 48.9 Å². The molecule has 14 heteroatoms. The molecule has 4 aromatic carbocycles. The van der Waals surface area contributed by atoms with Crippen LogP contribution >= 0.6 is 0 Å². The highest BCUT2D eigenvalue weighted by molar-refractivity contribution is 5.85. The molecule has 1 heterocycles. The lowest BCUT2D eigenvalue weighted by molar-refractivity contribution is -0.161. The molecule has 59 heavy (non-hydrogen) atoms. The summed E-state index contributed by atoms with van der Waals surface area (Å²) in [5.41, 5.74) is 12.0. The number of hydrazine groups is 2. The second-order valence-corrected chi connectivity index (χ2v) is 13.9. The van der Waals surface area contributed by atoms with E-state index in [4.69, 9.17) is 23.8 Å². The summed E-state index contributed by atoms with van der Waals surface area (Å²) in [5, 5.41) is 1.38. The molecule has 1 saturated heterocycles. The van der Waals surface area contributed by atoms with Gasteiger partial charge in [-0.1, -0.05) is 97.1 Å². The Kier molecular flexibility index (Phi) is 23.0. The van der Waals surface area contributed by atoms with Crippen LogP contribution in [0.25, 0.3) is 0 Å². The van der Waals surface area contributed by atoms with Crippen LogP contribution in [0.15, 0.2) is 121 Å². The summed E-state index contributed by atoms with van der Waals surface area (Å²) in [4.78, 5) is 68.0. The third-order valence-electron chi connectivity index (χ3n) is 8.18. The van der Waals surface area contributed by atoms with Gasteiger partial charge in [-0.05, 0) is 75.4 Å². The van der Waals surface area contributed by atoms with Crippen LogP contribution in [0.3, 0.4) is 0 Å². The number of esters is 3. The van der Waals surface area contributed by atoms with Crippen molar-refractivity contribution in [2.45, 2.75) is 77.7 Å². The molecule has 1 aliphatic rings. The Morgan fingerprint density at radius 3 is 1.66 bits per heavy atom. The maximum absolute atomic E-state index is 13.6. The first kappa shape index (κ1) is 48.6. The van der Waals surface area contributed by atoms with Gasteiger partial charge in [0.2, 0.25) is 0 Å². The molecule has 1 fully saturated rings. The van der Waals surface area contributed by atoms with E-state index in [1.807, 2.05) is 156 Å². The van der Waals surface area contributed by atoms with Gasteiger partial charge in [-0.25, -0.2) is 20.0 Å². The Bertz CT molecular complexity index is 1780. The van der Waals surface area contributed by atoms with Crippen LogP contribution in [0.1, 0.15) is 64.0 Å². The number of carbonyl (C=O) groups is 6. The molecule has 3 N–H and O–H groups in total. The topological polar surface area (TPSA) is 173 Å². The molecule has 5 rings (SSSR count). The number of nitrogens with zero attached hydrogens (tertiary/aromatic N) is 2. The average Bonchev–Trinajstić information content (AvgIpc) is 3.27. The lowest BCUT2D eigenvalue weighted by Crippen LogP contribution is -2.55. The summed E-state index contributed by atoms with van der Waals surface area (Å²) >= 11 is 0. The highest BCUT2D eigenvalue weighted by atomic mass is 16.6. The molecular formula is C45H57N5O9. The molecule has 0 spiro atoms. The van der Waals surface area contributed by atoms with E-state index in [1.54, 1.807) is 4.90 Å². The number of ether oxygens (including phenoxy) is 3. The van der Waals surface area contributed by atoms with Crippen molar-refractivity contribution in [2.24, 2.45) is 0 Å². The van der Waals surface area contributed by atoms with Crippen molar-refractivity contribution in [1.29, 1.82) is 0 Å². The van der Waals surface area contributed by atoms with Crippen LogP contribution in [0.2, 0.25) is 0 Å². The highest BCUT2D eigenvalue weighted by Crippen LogP contribution is 2.23. The molecule has 0 aliphatic carbocycles. The highest BCUT2D eigenvalue weighted by Gasteiger charge is 2.37. The number of amides is 2. The predicted molar refractivity (Wildman–Crippen MR) is 226 cm³/mol. The van der Waals surface area contributed by atoms with Gasteiger partial charge in [-0.2, -0.15) is 0 Å². The molecule has 0 saturated carbocycles. The van der Waals surface area contributed by atoms with E-state index >= 15 is 0 Å². The fraction of sp³-hybridized carbons (Fsp3) is 0.333. The van der Waals surface area contributed by atoms with Crippen molar-refractivity contribution in [3.63, 3.8) is 0 Å². The van der Waals surface area contributed by atoms with E-state index in [0.717, 1.165) is 29.7 Å². The smallest absolute Gasteiger partial charge is 0.339 e. The fourth-order valence-electron chi connectivity index (χ4n) is 5.47. The molecule has 0 bridgehead atoms. The van der Waals surface area contributed by atoms with Crippen LogP contribution in [-0.2, 0) is 51.4 Å². The van der Waals surface area contributed by atoms with E-state index in [9.17, 15) is 19.2 Å². The van der Waals surface area contributed by atoms with Gasteiger partial charge in [-0.3, -0.25) is 15.0 Å². The van der Waals surface area contributed by atoms with Gasteiger partial charge in [0.05, 0.1) is 25.1 Å². The van der Waals surface area contributed by atoms with Gasteiger partial charge in [0, 0.05) is 18.8 Å². The van der Waals surface area contributed by atoms with Gasteiger partial charge >= 0.3 is 23.9 Å². The number of rotatable bonds is 15. The maximum Gasteiger partial charge on any atom is 0.339 e. The third-order valence-corrected chi connectivity index (χ3v) is 8.18. The van der Waals surface area contributed by atoms with Crippen molar-refractivity contribution in [2.75, 3.05) is 30.5 Å². The number of para-hydroxylation sites is 2. The minimum absolute atomic E-state index is 0.00332. The van der Waals surface area contributed by atoms with Gasteiger partial charge in [-0.15, -0.1) is 0 Å². The van der Waals surface area contributed by atoms with E-state index in [-0.39, 0.29) is 31.6 Å². The molecule has 0 unspecified atom stereocenters. The zero-order valence-electron chi connectivity index (χ0n) is 34.2. The number of anilines is 2. The number of piperidine rings is 1. The number of hydrogen-bond acceptors (Lipinski definition) is 12. The number of nitrogens with one attached hydrogen (secondary N) is 3. The molecule has 1 atom stereocenters. The molecule has 4 aromatic rings. The average molecular weight is 812 g/mol. The summed E-state index contributed by atoms with van der Waals surface area (Å²) in [5.74, 6) is -1.03. The number of benzene rings is 4. The van der Waals surface area contributed by atoms with Crippen LogP contribution in [-0.4, -0.2) is 78.7 Å². The fourth-order valence-corrected chi connectivity index (χ4v) is 5.47. The molecular weight excluding hydrogens is 755 g/mol. The molecule has 14 nitrogen and oxygen atoms in total. The lowest BCUT2D eigenvalue weighted by atomic mass is 10.0. The number of urea groups is 1. The second-order valence-electron chi connectivity index (χ2n) is 13.9. The molecule has 0 radical (unpaired) electrons. The number of carbonyl (C=O) groups excluding carboxylic acids is 6. The quantitative estimate of drug-likeness (QED) is 0.0481. The normalized spacial score (nSPS) is 12.9. The minimum atomic E-state index is -0.666. The number of likely N-dealkylation sites (tertiary alicyclic amines) is 1. The van der Waals surface area contributed by atoms with Crippen LogP contribution in [0.5, 0.6) is 0 Å². The molecule has 1 aliphatic heterocycles. The first-order chi connectivity index (χ1) is 28.6.